The van der Waals surface area contributed by atoms with Crippen LogP contribution in [-0.4, -0.2) is 33.9 Å². The topological polar surface area (TPSA) is 44.8 Å². The van der Waals surface area contributed by atoms with E-state index < -0.39 is 5.97 Å². The molecule has 0 aliphatic carbocycles. The molecule has 0 saturated carbocycles. The van der Waals surface area contributed by atoms with Crippen molar-refractivity contribution in [1.29, 1.82) is 0 Å². The number of hydrogen-bond acceptors (Lipinski definition) is 4. The van der Waals surface area contributed by atoms with E-state index in [0.29, 0.717) is 5.76 Å². The van der Waals surface area contributed by atoms with Gasteiger partial charge in [0.05, 0.1) is 20.3 Å². The van der Waals surface area contributed by atoms with Gasteiger partial charge in [-0.15, -0.1) is 0 Å². The van der Waals surface area contributed by atoms with Gasteiger partial charge in [0.1, 0.15) is 12.4 Å². The molecular formula is C7H12O4. The predicted octanol–water partition coefficient (Wildman–Crippen LogP) is 0.336. The lowest BCUT2D eigenvalue weighted by Crippen LogP contribution is -2.02. The van der Waals surface area contributed by atoms with Crippen molar-refractivity contribution in [2.45, 2.75) is 0 Å². The summed E-state index contributed by atoms with van der Waals surface area (Å²) < 4.78 is 13.9. The number of carbonyl (C=O) groups is 1. The summed E-state index contributed by atoms with van der Waals surface area (Å²) in [5.74, 6) is -0.00162. The van der Waals surface area contributed by atoms with Gasteiger partial charge in [-0.1, -0.05) is 0 Å². The molecule has 11 heavy (non-hydrogen) atoms. The van der Waals surface area contributed by atoms with Gasteiger partial charge in [-0.25, -0.2) is 4.79 Å². The van der Waals surface area contributed by atoms with Crippen molar-refractivity contribution in [2.24, 2.45) is 0 Å². The van der Waals surface area contributed by atoms with Gasteiger partial charge in [-0.05, 0) is 0 Å². The summed E-state index contributed by atoms with van der Waals surface area (Å²) in [6, 6.07) is 0. The first-order valence-corrected chi connectivity index (χ1v) is 3.06. The first-order valence-electron chi connectivity index (χ1n) is 3.06. The minimum atomic E-state index is -0.445. The summed E-state index contributed by atoms with van der Waals surface area (Å²) in [6.07, 6.45) is 1.24. The molecule has 64 valence electrons. The zero-order valence-electron chi connectivity index (χ0n) is 6.92. The SMILES string of the molecule is COC/C(=C\C(=O)OC)OC. The highest BCUT2D eigenvalue weighted by molar-refractivity contribution is 5.82. The number of rotatable bonds is 4. The number of methoxy groups -OCH3 is 3. The van der Waals surface area contributed by atoms with E-state index in [1.165, 1.54) is 27.4 Å². The molecule has 0 aliphatic heterocycles. The average Bonchev–Trinajstić information content (AvgIpc) is 2.03. The van der Waals surface area contributed by atoms with Crippen LogP contribution in [0.15, 0.2) is 11.8 Å². The Morgan fingerprint density at radius 2 is 1.91 bits per heavy atom. The van der Waals surface area contributed by atoms with E-state index in [-0.39, 0.29) is 6.61 Å². The van der Waals surface area contributed by atoms with Crippen molar-refractivity contribution < 1.29 is 19.0 Å². The second-order valence-corrected chi connectivity index (χ2v) is 1.77. The third-order valence-electron chi connectivity index (χ3n) is 1.03. The van der Waals surface area contributed by atoms with Crippen LogP contribution in [0.25, 0.3) is 0 Å². The van der Waals surface area contributed by atoms with E-state index in [1.807, 2.05) is 0 Å². The normalized spacial score (nSPS) is 11.0. The Bertz CT molecular complexity index is 151. The molecule has 0 saturated heterocycles. The molecule has 0 rings (SSSR count). The molecule has 0 atom stereocenters. The molecule has 0 aromatic heterocycles. The van der Waals surface area contributed by atoms with E-state index in [0.717, 1.165) is 0 Å². The highest BCUT2D eigenvalue weighted by Gasteiger charge is 1.99. The van der Waals surface area contributed by atoms with E-state index in [4.69, 9.17) is 9.47 Å². The number of esters is 1. The van der Waals surface area contributed by atoms with E-state index in [2.05, 4.69) is 4.74 Å². The molecule has 0 aromatic carbocycles. The molecule has 0 amide bonds. The van der Waals surface area contributed by atoms with Crippen LogP contribution in [0.1, 0.15) is 0 Å². The quantitative estimate of drug-likeness (QED) is 0.338. The van der Waals surface area contributed by atoms with E-state index in [1.54, 1.807) is 0 Å². The molecule has 0 spiro atoms. The average molecular weight is 160 g/mol. The summed E-state index contributed by atoms with van der Waals surface area (Å²) in [4.78, 5) is 10.6. The van der Waals surface area contributed by atoms with Crippen molar-refractivity contribution >= 4 is 5.97 Å². The summed E-state index contributed by atoms with van der Waals surface area (Å²) >= 11 is 0. The molecule has 0 aliphatic rings. The van der Waals surface area contributed by atoms with Crippen LogP contribution in [-0.2, 0) is 19.0 Å². The fourth-order valence-electron chi connectivity index (χ4n) is 0.492. The molecular weight excluding hydrogens is 148 g/mol. The number of ether oxygens (including phenoxy) is 3. The van der Waals surface area contributed by atoms with Crippen LogP contribution in [0.5, 0.6) is 0 Å². The zero-order valence-corrected chi connectivity index (χ0v) is 6.92. The maximum Gasteiger partial charge on any atom is 0.333 e. The van der Waals surface area contributed by atoms with Crippen LogP contribution in [0.4, 0.5) is 0 Å². The Kier molecular flexibility index (Phi) is 5.20. The smallest absolute Gasteiger partial charge is 0.333 e. The number of hydrogen-bond donors (Lipinski definition) is 0. The fraction of sp³-hybridized carbons (Fsp3) is 0.571. The molecule has 4 nitrogen and oxygen atoms in total. The van der Waals surface area contributed by atoms with Crippen LogP contribution >= 0.6 is 0 Å². The van der Waals surface area contributed by atoms with Crippen molar-refractivity contribution in [1.82, 2.24) is 0 Å². The summed E-state index contributed by atoms with van der Waals surface area (Å²) in [5, 5.41) is 0. The Morgan fingerprint density at radius 3 is 2.27 bits per heavy atom. The molecule has 0 radical (unpaired) electrons. The van der Waals surface area contributed by atoms with Gasteiger partial charge in [-0.2, -0.15) is 0 Å². The van der Waals surface area contributed by atoms with Gasteiger partial charge >= 0.3 is 5.97 Å². The maximum atomic E-state index is 10.6. The lowest BCUT2D eigenvalue weighted by atomic mass is 10.4. The zero-order chi connectivity index (χ0) is 8.69. The minimum Gasteiger partial charge on any atom is -0.498 e. The van der Waals surface area contributed by atoms with Crippen molar-refractivity contribution in [3.63, 3.8) is 0 Å². The Labute approximate surface area is 65.7 Å². The Hall–Kier alpha value is -1.03. The van der Waals surface area contributed by atoms with Crippen LogP contribution < -0.4 is 0 Å². The molecule has 0 N–H and O–H groups in total. The molecule has 0 bridgehead atoms. The fourth-order valence-corrected chi connectivity index (χ4v) is 0.492. The Balaban J connectivity index is 3.99. The van der Waals surface area contributed by atoms with Crippen LogP contribution in [0.2, 0.25) is 0 Å². The summed E-state index contributed by atoms with van der Waals surface area (Å²) in [7, 11) is 4.29. The van der Waals surface area contributed by atoms with Crippen LogP contribution in [0.3, 0.4) is 0 Å². The summed E-state index contributed by atoms with van der Waals surface area (Å²) in [6.45, 7) is 0.269. The third kappa shape index (κ3) is 4.38. The van der Waals surface area contributed by atoms with Gasteiger partial charge in [0.25, 0.3) is 0 Å². The highest BCUT2D eigenvalue weighted by atomic mass is 16.5. The molecule has 0 aromatic rings. The molecule has 4 heteroatoms. The number of carbonyl (C=O) groups excluding carboxylic acids is 1. The van der Waals surface area contributed by atoms with Crippen molar-refractivity contribution in [2.75, 3.05) is 27.9 Å². The predicted molar refractivity (Wildman–Crippen MR) is 39.0 cm³/mol. The minimum absolute atomic E-state index is 0.269. The highest BCUT2D eigenvalue weighted by Crippen LogP contribution is 1.95. The van der Waals surface area contributed by atoms with Crippen molar-refractivity contribution in [3.05, 3.63) is 11.8 Å². The summed E-state index contributed by atoms with van der Waals surface area (Å²) in [5.41, 5.74) is 0. The van der Waals surface area contributed by atoms with Crippen LogP contribution in [0, 0.1) is 0 Å². The Morgan fingerprint density at radius 1 is 1.27 bits per heavy atom. The monoisotopic (exact) mass is 160 g/mol. The lowest BCUT2D eigenvalue weighted by Gasteiger charge is -2.02. The first-order chi connectivity index (χ1) is 5.24. The van der Waals surface area contributed by atoms with Gasteiger partial charge in [0.15, 0.2) is 0 Å². The molecule has 0 heterocycles. The van der Waals surface area contributed by atoms with Gasteiger partial charge in [0, 0.05) is 7.11 Å². The van der Waals surface area contributed by atoms with Gasteiger partial charge < -0.3 is 14.2 Å². The van der Waals surface area contributed by atoms with E-state index >= 15 is 0 Å². The van der Waals surface area contributed by atoms with E-state index in [9.17, 15) is 4.79 Å². The lowest BCUT2D eigenvalue weighted by molar-refractivity contribution is -0.135. The second-order valence-electron chi connectivity index (χ2n) is 1.77. The largest absolute Gasteiger partial charge is 0.498 e. The van der Waals surface area contributed by atoms with Gasteiger partial charge in [-0.3, -0.25) is 0 Å². The van der Waals surface area contributed by atoms with Gasteiger partial charge in [0.2, 0.25) is 0 Å². The molecule has 0 unspecified atom stereocenters. The maximum absolute atomic E-state index is 10.6. The second kappa shape index (κ2) is 5.73. The molecule has 0 fully saturated rings. The van der Waals surface area contributed by atoms with Crippen molar-refractivity contribution in [3.8, 4) is 0 Å². The third-order valence-corrected chi connectivity index (χ3v) is 1.03. The first kappa shape index (κ1) is 9.97. The standard InChI is InChI=1S/C7H12O4/c1-9-5-6(10-2)4-7(8)11-3/h4H,5H2,1-3H3/b6-4+.